The van der Waals surface area contributed by atoms with E-state index in [1.54, 1.807) is 11.1 Å². The first-order chi connectivity index (χ1) is 16.2. The molecule has 1 unspecified atom stereocenters. The Bertz CT molecular complexity index is 1210. The molecule has 7 heteroatoms. The van der Waals surface area contributed by atoms with Crippen molar-refractivity contribution in [2.24, 2.45) is 5.92 Å². The SMILES string of the molecule is CN(C(=O)C1CCCN(c2ccc(-n3ccnc3-c3ccccc3)nn2)C1)c1ccccc1. The average molecular weight is 439 g/mol. The molecule has 1 saturated heterocycles. The van der Waals surface area contributed by atoms with E-state index in [9.17, 15) is 4.79 Å². The summed E-state index contributed by atoms with van der Waals surface area (Å²) in [5.41, 5.74) is 1.94. The molecule has 1 aliphatic heterocycles. The standard InChI is InChI=1S/C26H26N6O/c1-30(22-12-6-3-7-13-22)26(33)21-11-8-17-31(19-21)23-14-15-24(29-28-23)32-18-16-27-25(32)20-9-4-2-5-10-20/h2-7,9-10,12-16,18,21H,8,11,17,19H2,1H3. The number of aromatic nitrogens is 4. The fraction of sp³-hybridized carbons (Fsp3) is 0.231. The lowest BCUT2D eigenvalue weighted by atomic mass is 9.96. The van der Waals surface area contributed by atoms with Gasteiger partial charge in [-0.1, -0.05) is 48.5 Å². The largest absolute Gasteiger partial charge is 0.354 e. The van der Waals surface area contributed by atoms with E-state index in [1.165, 1.54) is 0 Å². The van der Waals surface area contributed by atoms with E-state index >= 15 is 0 Å². The summed E-state index contributed by atoms with van der Waals surface area (Å²) in [7, 11) is 1.85. The van der Waals surface area contributed by atoms with Gasteiger partial charge in [-0.15, -0.1) is 10.2 Å². The molecule has 0 spiro atoms. The second-order valence-corrected chi connectivity index (χ2v) is 8.25. The van der Waals surface area contributed by atoms with Crippen LogP contribution >= 0.6 is 0 Å². The number of hydrogen-bond donors (Lipinski definition) is 0. The van der Waals surface area contributed by atoms with Gasteiger partial charge in [0.2, 0.25) is 5.91 Å². The molecule has 7 nitrogen and oxygen atoms in total. The summed E-state index contributed by atoms with van der Waals surface area (Å²) in [5.74, 6) is 2.40. The third-order valence-electron chi connectivity index (χ3n) is 6.12. The summed E-state index contributed by atoms with van der Waals surface area (Å²) < 4.78 is 1.93. The number of benzene rings is 2. The number of rotatable bonds is 5. The van der Waals surface area contributed by atoms with Gasteiger partial charge in [0.15, 0.2) is 11.6 Å². The predicted molar refractivity (Wildman–Crippen MR) is 129 cm³/mol. The zero-order valence-corrected chi connectivity index (χ0v) is 18.6. The Morgan fingerprint density at radius 2 is 1.64 bits per heavy atom. The number of para-hydroxylation sites is 1. The van der Waals surface area contributed by atoms with Crippen molar-refractivity contribution in [1.29, 1.82) is 0 Å². The molecule has 1 aliphatic rings. The van der Waals surface area contributed by atoms with E-state index in [1.807, 2.05) is 90.6 Å². The lowest BCUT2D eigenvalue weighted by Gasteiger charge is -2.34. The van der Waals surface area contributed by atoms with Gasteiger partial charge in [-0.05, 0) is 37.1 Å². The van der Waals surface area contributed by atoms with Gasteiger partial charge in [-0.3, -0.25) is 9.36 Å². The molecule has 166 valence electrons. The summed E-state index contributed by atoms with van der Waals surface area (Å²) in [6.45, 7) is 1.51. The number of nitrogens with zero attached hydrogens (tertiary/aromatic N) is 6. The van der Waals surface area contributed by atoms with Gasteiger partial charge in [-0.25, -0.2) is 4.98 Å². The molecule has 5 rings (SSSR count). The van der Waals surface area contributed by atoms with E-state index in [-0.39, 0.29) is 11.8 Å². The summed E-state index contributed by atoms with van der Waals surface area (Å²) in [6, 6.07) is 23.7. The van der Waals surface area contributed by atoms with Crippen molar-refractivity contribution in [2.45, 2.75) is 12.8 Å². The first-order valence-electron chi connectivity index (χ1n) is 11.2. The Labute approximate surface area is 193 Å². The van der Waals surface area contributed by atoms with Crippen LogP contribution in [0.1, 0.15) is 12.8 Å². The smallest absolute Gasteiger partial charge is 0.231 e. The molecule has 3 heterocycles. The van der Waals surface area contributed by atoms with E-state index < -0.39 is 0 Å². The van der Waals surface area contributed by atoms with Crippen LogP contribution < -0.4 is 9.80 Å². The summed E-state index contributed by atoms with van der Waals surface area (Å²) in [5, 5.41) is 8.96. The number of carbonyl (C=O) groups is 1. The van der Waals surface area contributed by atoms with Crippen molar-refractivity contribution in [3.05, 3.63) is 85.2 Å². The van der Waals surface area contributed by atoms with Crippen molar-refractivity contribution in [2.75, 3.05) is 29.9 Å². The van der Waals surface area contributed by atoms with Gasteiger partial charge in [-0.2, -0.15) is 0 Å². The quantitative estimate of drug-likeness (QED) is 0.467. The zero-order chi connectivity index (χ0) is 22.6. The van der Waals surface area contributed by atoms with E-state index in [4.69, 9.17) is 0 Å². The fourth-order valence-corrected chi connectivity index (χ4v) is 4.34. The second kappa shape index (κ2) is 9.24. The van der Waals surface area contributed by atoms with Crippen LogP contribution in [-0.2, 0) is 4.79 Å². The van der Waals surface area contributed by atoms with Gasteiger partial charge < -0.3 is 9.80 Å². The predicted octanol–water partition coefficient (Wildman–Crippen LogP) is 4.21. The van der Waals surface area contributed by atoms with Gasteiger partial charge in [0, 0.05) is 43.8 Å². The first kappa shape index (κ1) is 20.9. The van der Waals surface area contributed by atoms with Crippen molar-refractivity contribution in [3.8, 4) is 17.2 Å². The summed E-state index contributed by atoms with van der Waals surface area (Å²) >= 11 is 0. The lowest BCUT2D eigenvalue weighted by molar-refractivity contribution is -0.122. The number of piperidine rings is 1. The van der Waals surface area contributed by atoms with Crippen LogP contribution in [-0.4, -0.2) is 45.8 Å². The highest BCUT2D eigenvalue weighted by atomic mass is 16.2. The number of anilines is 2. The monoisotopic (exact) mass is 438 g/mol. The lowest BCUT2D eigenvalue weighted by Crippen LogP contribution is -2.44. The molecule has 0 radical (unpaired) electrons. The van der Waals surface area contributed by atoms with Crippen LogP contribution in [0.3, 0.4) is 0 Å². The molecule has 1 atom stereocenters. The van der Waals surface area contributed by atoms with E-state index in [2.05, 4.69) is 20.1 Å². The Morgan fingerprint density at radius 3 is 2.36 bits per heavy atom. The molecule has 0 bridgehead atoms. The second-order valence-electron chi connectivity index (χ2n) is 8.25. The van der Waals surface area contributed by atoms with Gasteiger partial charge in [0.05, 0.1) is 5.92 Å². The topological polar surface area (TPSA) is 67.2 Å². The van der Waals surface area contributed by atoms with Crippen LogP contribution in [0, 0.1) is 5.92 Å². The van der Waals surface area contributed by atoms with Crippen molar-refractivity contribution < 1.29 is 4.79 Å². The molecule has 1 fully saturated rings. The van der Waals surface area contributed by atoms with Gasteiger partial charge >= 0.3 is 0 Å². The number of imidazole rings is 1. The minimum Gasteiger partial charge on any atom is -0.354 e. The summed E-state index contributed by atoms with van der Waals surface area (Å²) in [4.78, 5) is 21.5. The summed E-state index contributed by atoms with van der Waals surface area (Å²) in [6.07, 6.45) is 5.48. The third kappa shape index (κ3) is 4.35. The van der Waals surface area contributed by atoms with Crippen LogP contribution in [0.4, 0.5) is 11.5 Å². The molecular formula is C26H26N6O. The van der Waals surface area contributed by atoms with Crippen LogP contribution in [0.2, 0.25) is 0 Å². The first-order valence-corrected chi connectivity index (χ1v) is 11.2. The Kier molecular flexibility index (Phi) is 5.85. The molecular weight excluding hydrogens is 412 g/mol. The maximum atomic E-state index is 13.1. The average Bonchev–Trinajstić information content (AvgIpc) is 3.39. The molecule has 4 aromatic rings. The molecule has 2 aromatic heterocycles. The Balaban J connectivity index is 1.31. The van der Waals surface area contributed by atoms with Crippen molar-refractivity contribution in [3.63, 3.8) is 0 Å². The fourth-order valence-electron chi connectivity index (χ4n) is 4.34. The van der Waals surface area contributed by atoms with Crippen LogP contribution in [0.15, 0.2) is 85.2 Å². The van der Waals surface area contributed by atoms with Crippen molar-refractivity contribution >= 4 is 17.4 Å². The third-order valence-corrected chi connectivity index (χ3v) is 6.12. The molecule has 1 amide bonds. The number of hydrogen-bond acceptors (Lipinski definition) is 5. The van der Waals surface area contributed by atoms with Crippen LogP contribution in [0.25, 0.3) is 17.2 Å². The maximum Gasteiger partial charge on any atom is 0.231 e. The number of carbonyl (C=O) groups excluding carboxylic acids is 1. The number of amides is 1. The van der Waals surface area contributed by atoms with Crippen LogP contribution in [0.5, 0.6) is 0 Å². The minimum absolute atomic E-state index is 0.0660. The molecule has 0 saturated carbocycles. The molecule has 33 heavy (non-hydrogen) atoms. The highest BCUT2D eigenvalue weighted by Gasteiger charge is 2.29. The van der Waals surface area contributed by atoms with Crippen molar-refractivity contribution in [1.82, 2.24) is 19.7 Å². The Hall–Kier alpha value is -4.00. The normalized spacial score (nSPS) is 15.9. The highest BCUT2D eigenvalue weighted by Crippen LogP contribution is 2.26. The minimum atomic E-state index is -0.0660. The molecule has 0 N–H and O–H groups in total. The molecule has 2 aromatic carbocycles. The maximum absolute atomic E-state index is 13.1. The molecule has 0 aliphatic carbocycles. The zero-order valence-electron chi connectivity index (χ0n) is 18.6. The highest BCUT2D eigenvalue weighted by molar-refractivity contribution is 5.95. The van der Waals surface area contributed by atoms with Gasteiger partial charge in [0.1, 0.15) is 5.82 Å². The van der Waals surface area contributed by atoms with Gasteiger partial charge in [0.25, 0.3) is 0 Å². The van der Waals surface area contributed by atoms with E-state index in [0.717, 1.165) is 42.3 Å². The van der Waals surface area contributed by atoms with E-state index in [0.29, 0.717) is 12.4 Å². The Morgan fingerprint density at radius 1 is 0.939 bits per heavy atom.